The van der Waals surface area contributed by atoms with Gasteiger partial charge in [-0.1, -0.05) is 41.9 Å². The number of carbonyl (C=O) groups is 2. The van der Waals surface area contributed by atoms with E-state index >= 15 is 0 Å². The Hall–Kier alpha value is -3.29. The number of halogens is 3. The van der Waals surface area contributed by atoms with Crippen LogP contribution >= 0.6 is 11.6 Å². The second-order valence-electron chi connectivity index (χ2n) is 6.81. The van der Waals surface area contributed by atoms with Crippen molar-refractivity contribution < 1.29 is 23.5 Å². The number of amides is 2. The first-order chi connectivity index (χ1) is 14.3. The minimum absolute atomic E-state index is 0.0631. The van der Waals surface area contributed by atoms with Crippen LogP contribution in [0.15, 0.2) is 66.7 Å². The molecule has 0 fully saturated rings. The van der Waals surface area contributed by atoms with E-state index in [0.29, 0.717) is 5.69 Å². The van der Waals surface area contributed by atoms with Crippen molar-refractivity contribution in [1.82, 2.24) is 0 Å². The first-order valence-corrected chi connectivity index (χ1v) is 9.33. The van der Waals surface area contributed by atoms with E-state index < -0.39 is 35.6 Å². The van der Waals surface area contributed by atoms with Crippen LogP contribution in [0.4, 0.5) is 20.2 Å². The standard InChI is InChI=1S/C22H15ClF2N2O3/c23-17-11-15(8-9-18(17)25)26-20(28)12-27-19-7-2-1-6-16(19)22(30,21(27)29)13-4-3-5-14(24)10-13/h1-11,30H,12H2,(H,26,28)/t22-/m0/s1. The van der Waals surface area contributed by atoms with Crippen molar-refractivity contribution in [2.75, 3.05) is 16.8 Å². The Morgan fingerprint density at radius 2 is 1.83 bits per heavy atom. The van der Waals surface area contributed by atoms with Crippen LogP contribution < -0.4 is 10.2 Å². The van der Waals surface area contributed by atoms with Gasteiger partial charge < -0.3 is 10.4 Å². The van der Waals surface area contributed by atoms with Crippen LogP contribution in [0, 0.1) is 11.6 Å². The molecule has 0 saturated carbocycles. The van der Waals surface area contributed by atoms with Crippen LogP contribution in [0.2, 0.25) is 5.02 Å². The number of anilines is 2. The van der Waals surface area contributed by atoms with E-state index in [4.69, 9.17) is 11.6 Å². The highest BCUT2D eigenvalue weighted by atomic mass is 35.5. The number of nitrogens with one attached hydrogen (secondary N) is 1. The van der Waals surface area contributed by atoms with Gasteiger partial charge in [-0.25, -0.2) is 8.78 Å². The van der Waals surface area contributed by atoms with Gasteiger partial charge in [0.05, 0.1) is 10.7 Å². The number of para-hydroxylation sites is 1. The largest absolute Gasteiger partial charge is 0.372 e. The highest BCUT2D eigenvalue weighted by Crippen LogP contribution is 2.44. The van der Waals surface area contributed by atoms with E-state index in [0.717, 1.165) is 17.0 Å². The van der Waals surface area contributed by atoms with E-state index in [1.165, 1.54) is 30.3 Å². The maximum absolute atomic E-state index is 13.8. The molecule has 3 aromatic rings. The monoisotopic (exact) mass is 428 g/mol. The molecule has 0 saturated heterocycles. The van der Waals surface area contributed by atoms with Gasteiger partial charge in [0.15, 0.2) is 5.60 Å². The normalized spacial score (nSPS) is 17.7. The first-order valence-electron chi connectivity index (χ1n) is 8.95. The van der Waals surface area contributed by atoms with Gasteiger partial charge in [-0.3, -0.25) is 14.5 Å². The van der Waals surface area contributed by atoms with Crippen molar-refractivity contribution in [2.45, 2.75) is 5.60 Å². The summed E-state index contributed by atoms with van der Waals surface area (Å²) in [5.74, 6) is -2.58. The first kappa shape index (κ1) is 20.0. The van der Waals surface area contributed by atoms with E-state index in [-0.39, 0.29) is 21.8 Å². The highest BCUT2D eigenvalue weighted by molar-refractivity contribution is 6.31. The number of benzene rings is 3. The Morgan fingerprint density at radius 3 is 2.57 bits per heavy atom. The van der Waals surface area contributed by atoms with Gasteiger partial charge in [0.25, 0.3) is 5.91 Å². The molecule has 2 N–H and O–H groups in total. The predicted molar refractivity (Wildman–Crippen MR) is 108 cm³/mol. The zero-order chi connectivity index (χ0) is 21.5. The summed E-state index contributed by atoms with van der Waals surface area (Å²) < 4.78 is 27.1. The van der Waals surface area contributed by atoms with Crippen LogP contribution in [0.1, 0.15) is 11.1 Å². The molecular formula is C22H15ClF2N2O3. The topological polar surface area (TPSA) is 69.6 Å². The highest BCUT2D eigenvalue weighted by Gasteiger charge is 2.51. The van der Waals surface area contributed by atoms with Gasteiger partial charge in [-0.15, -0.1) is 0 Å². The molecule has 0 radical (unpaired) electrons. The Kier molecular flexibility index (Phi) is 5.01. The predicted octanol–water partition coefficient (Wildman–Crippen LogP) is 3.84. The van der Waals surface area contributed by atoms with Crippen molar-refractivity contribution in [3.63, 3.8) is 0 Å². The molecule has 2 amide bonds. The van der Waals surface area contributed by atoms with Crippen LogP contribution in [-0.2, 0) is 15.2 Å². The average molecular weight is 429 g/mol. The van der Waals surface area contributed by atoms with E-state index in [1.807, 2.05) is 0 Å². The lowest BCUT2D eigenvalue weighted by Gasteiger charge is -2.23. The fourth-order valence-corrected chi connectivity index (χ4v) is 3.68. The van der Waals surface area contributed by atoms with Gasteiger partial charge in [0.2, 0.25) is 5.91 Å². The van der Waals surface area contributed by atoms with Gasteiger partial charge in [-0.2, -0.15) is 0 Å². The zero-order valence-corrected chi connectivity index (χ0v) is 16.2. The van der Waals surface area contributed by atoms with Crippen LogP contribution in [-0.4, -0.2) is 23.5 Å². The number of hydrogen-bond donors (Lipinski definition) is 2. The van der Waals surface area contributed by atoms with E-state index in [1.54, 1.807) is 24.3 Å². The summed E-state index contributed by atoms with van der Waals surface area (Å²) in [5.41, 5.74) is -1.22. The number of hydrogen-bond acceptors (Lipinski definition) is 3. The Morgan fingerprint density at radius 1 is 1.07 bits per heavy atom. The third-order valence-electron chi connectivity index (χ3n) is 4.89. The number of rotatable bonds is 4. The maximum atomic E-state index is 13.8. The molecule has 30 heavy (non-hydrogen) atoms. The molecule has 1 heterocycles. The third kappa shape index (κ3) is 3.32. The minimum Gasteiger partial charge on any atom is -0.372 e. The van der Waals surface area contributed by atoms with Crippen LogP contribution in [0.5, 0.6) is 0 Å². The SMILES string of the molecule is O=C(CN1C(=O)[C@](O)(c2cccc(F)c2)c2ccccc21)Nc1ccc(F)c(Cl)c1. The molecule has 3 aromatic carbocycles. The average Bonchev–Trinajstić information content (AvgIpc) is 2.94. The summed E-state index contributed by atoms with van der Waals surface area (Å²) in [7, 11) is 0. The molecule has 0 aromatic heterocycles. The molecule has 0 bridgehead atoms. The lowest BCUT2D eigenvalue weighted by Crippen LogP contribution is -2.44. The van der Waals surface area contributed by atoms with Crippen LogP contribution in [0.3, 0.4) is 0 Å². The second kappa shape index (κ2) is 7.51. The molecule has 152 valence electrons. The fraction of sp³-hybridized carbons (Fsp3) is 0.0909. The number of aliphatic hydroxyl groups is 1. The van der Waals surface area contributed by atoms with Crippen LogP contribution in [0.25, 0.3) is 0 Å². The summed E-state index contributed by atoms with van der Waals surface area (Å²) >= 11 is 5.72. The molecule has 4 rings (SSSR count). The Balaban J connectivity index is 1.65. The Bertz CT molecular complexity index is 1170. The third-order valence-corrected chi connectivity index (χ3v) is 5.18. The summed E-state index contributed by atoms with van der Waals surface area (Å²) in [4.78, 5) is 26.8. The second-order valence-corrected chi connectivity index (χ2v) is 7.21. The lowest BCUT2D eigenvalue weighted by atomic mass is 9.87. The summed E-state index contributed by atoms with van der Waals surface area (Å²) in [6, 6.07) is 15.3. The van der Waals surface area contributed by atoms with Gasteiger partial charge in [0.1, 0.15) is 18.2 Å². The Labute approximate surface area is 175 Å². The number of carbonyl (C=O) groups excluding carboxylic acids is 2. The molecule has 5 nitrogen and oxygen atoms in total. The maximum Gasteiger partial charge on any atom is 0.268 e. The van der Waals surface area contributed by atoms with Crippen molar-refractivity contribution >= 4 is 34.8 Å². The molecular weight excluding hydrogens is 414 g/mol. The van der Waals surface area contributed by atoms with E-state index in [9.17, 15) is 23.5 Å². The molecule has 0 spiro atoms. The smallest absolute Gasteiger partial charge is 0.268 e. The summed E-state index contributed by atoms with van der Waals surface area (Å²) in [5, 5.41) is 13.7. The van der Waals surface area contributed by atoms with Crippen molar-refractivity contribution in [3.05, 3.63) is 94.5 Å². The molecule has 0 unspecified atom stereocenters. The van der Waals surface area contributed by atoms with Gasteiger partial charge >= 0.3 is 0 Å². The fourth-order valence-electron chi connectivity index (χ4n) is 3.50. The van der Waals surface area contributed by atoms with Gasteiger partial charge in [-0.05, 0) is 36.4 Å². The molecule has 0 aliphatic carbocycles. The number of fused-ring (bicyclic) bond motifs is 1. The molecule has 1 aliphatic rings. The molecule has 8 heteroatoms. The van der Waals surface area contributed by atoms with Crippen molar-refractivity contribution in [3.8, 4) is 0 Å². The van der Waals surface area contributed by atoms with E-state index in [2.05, 4.69) is 5.32 Å². The zero-order valence-electron chi connectivity index (χ0n) is 15.4. The number of nitrogens with zero attached hydrogens (tertiary/aromatic N) is 1. The van der Waals surface area contributed by atoms with Gasteiger partial charge in [0, 0.05) is 16.8 Å². The van der Waals surface area contributed by atoms with Crippen molar-refractivity contribution in [2.24, 2.45) is 0 Å². The lowest BCUT2D eigenvalue weighted by molar-refractivity contribution is -0.133. The summed E-state index contributed by atoms with van der Waals surface area (Å²) in [6.45, 7) is -0.414. The quantitative estimate of drug-likeness (QED) is 0.663. The molecule has 1 aliphatic heterocycles. The minimum atomic E-state index is -2.13. The summed E-state index contributed by atoms with van der Waals surface area (Å²) in [6.07, 6.45) is 0. The van der Waals surface area contributed by atoms with Crippen molar-refractivity contribution in [1.29, 1.82) is 0 Å². The molecule has 1 atom stereocenters.